The maximum absolute atomic E-state index is 12.8. The summed E-state index contributed by atoms with van der Waals surface area (Å²) in [7, 11) is 1.61. The van der Waals surface area contributed by atoms with Crippen molar-refractivity contribution in [1.82, 2.24) is 4.90 Å². The van der Waals surface area contributed by atoms with Crippen LogP contribution in [0.15, 0.2) is 72.8 Å². The molecule has 182 valence electrons. The standard InChI is InChI=1S/C28H31N3O4/c1-20(2)35-26-6-4-5-22(19-26)27(32)29-23-9-11-24(12-10-23)30-15-17-31(18-16-30)28(33)21-7-13-25(34-3)14-8-21/h4-14,19-20H,15-18H2,1-3H3,(H,29,32). The molecule has 0 saturated carbocycles. The second-order valence-electron chi connectivity index (χ2n) is 8.70. The number of methoxy groups -OCH3 is 1. The largest absolute Gasteiger partial charge is 0.497 e. The average molecular weight is 474 g/mol. The highest BCUT2D eigenvalue weighted by Crippen LogP contribution is 2.22. The van der Waals surface area contributed by atoms with E-state index in [1.165, 1.54) is 0 Å². The van der Waals surface area contributed by atoms with Gasteiger partial charge in [-0.05, 0) is 80.6 Å². The number of piperazine rings is 1. The van der Waals surface area contributed by atoms with E-state index in [4.69, 9.17) is 9.47 Å². The van der Waals surface area contributed by atoms with Crippen molar-refractivity contribution in [3.63, 3.8) is 0 Å². The Hall–Kier alpha value is -4.00. The molecule has 1 aliphatic rings. The quantitative estimate of drug-likeness (QED) is 0.539. The highest BCUT2D eigenvalue weighted by molar-refractivity contribution is 6.04. The smallest absolute Gasteiger partial charge is 0.255 e. The third-order valence-corrected chi connectivity index (χ3v) is 5.86. The van der Waals surface area contributed by atoms with Gasteiger partial charge in [0, 0.05) is 48.7 Å². The number of carbonyl (C=O) groups is 2. The first kappa shape index (κ1) is 24.1. The fourth-order valence-electron chi connectivity index (χ4n) is 4.03. The minimum absolute atomic E-state index is 0.0354. The number of amides is 2. The lowest BCUT2D eigenvalue weighted by Gasteiger charge is -2.36. The maximum atomic E-state index is 12.8. The molecular weight excluding hydrogens is 442 g/mol. The Morgan fingerprint density at radius 3 is 2.14 bits per heavy atom. The molecule has 0 atom stereocenters. The van der Waals surface area contributed by atoms with Crippen molar-refractivity contribution in [3.8, 4) is 11.5 Å². The van der Waals surface area contributed by atoms with Crippen LogP contribution in [0.4, 0.5) is 11.4 Å². The van der Waals surface area contributed by atoms with E-state index in [1.807, 2.05) is 55.1 Å². The molecule has 7 heteroatoms. The molecule has 0 spiro atoms. The highest BCUT2D eigenvalue weighted by Gasteiger charge is 2.22. The zero-order valence-corrected chi connectivity index (χ0v) is 20.4. The summed E-state index contributed by atoms with van der Waals surface area (Å²) < 4.78 is 10.8. The third-order valence-electron chi connectivity index (χ3n) is 5.86. The lowest BCUT2D eigenvalue weighted by atomic mass is 10.1. The zero-order valence-electron chi connectivity index (χ0n) is 20.4. The predicted octanol–water partition coefficient (Wildman–Crippen LogP) is 4.70. The monoisotopic (exact) mass is 473 g/mol. The van der Waals surface area contributed by atoms with Crippen LogP contribution < -0.4 is 19.7 Å². The highest BCUT2D eigenvalue weighted by atomic mass is 16.5. The molecule has 1 saturated heterocycles. The number of anilines is 2. The van der Waals surface area contributed by atoms with E-state index in [2.05, 4.69) is 10.2 Å². The number of rotatable bonds is 7. The second-order valence-corrected chi connectivity index (χ2v) is 8.70. The number of hydrogen-bond donors (Lipinski definition) is 1. The molecule has 3 aromatic carbocycles. The molecule has 7 nitrogen and oxygen atoms in total. The summed E-state index contributed by atoms with van der Waals surface area (Å²) in [5, 5.41) is 2.94. The van der Waals surface area contributed by atoms with E-state index in [0.717, 1.165) is 30.2 Å². The molecule has 1 heterocycles. The summed E-state index contributed by atoms with van der Waals surface area (Å²) in [5.74, 6) is 1.26. The van der Waals surface area contributed by atoms with Crippen LogP contribution in [0.2, 0.25) is 0 Å². The Kier molecular flexibility index (Phi) is 7.55. The first-order valence-corrected chi connectivity index (χ1v) is 11.8. The minimum Gasteiger partial charge on any atom is -0.497 e. The Labute approximate surface area is 206 Å². The van der Waals surface area contributed by atoms with Crippen LogP contribution in [0.5, 0.6) is 11.5 Å². The second kappa shape index (κ2) is 11.0. The van der Waals surface area contributed by atoms with Crippen LogP contribution >= 0.6 is 0 Å². The molecule has 1 N–H and O–H groups in total. The van der Waals surface area contributed by atoms with Crippen LogP contribution in [0.3, 0.4) is 0 Å². The van der Waals surface area contributed by atoms with E-state index in [-0.39, 0.29) is 17.9 Å². The van der Waals surface area contributed by atoms with E-state index < -0.39 is 0 Å². The number of nitrogens with zero attached hydrogens (tertiary/aromatic N) is 2. The van der Waals surface area contributed by atoms with Gasteiger partial charge >= 0.3 is 0 Å². The van der Waals surface area contributed by atoms with E-state index in [0.29, 0.717) is 30.0 Å². The molecule has 3 aromatic rings. The van der Waals surface area contributed by atoms with Gasteiger partial charge in [-0.15, -0.1) is 0 Å². The number of hydrogen-bond acceptors (Lipinski definition) is 5. The van der Waals surface area contributed by atoms with Gasteiger partial charge in [-0.3, -0.25) is 9.59 Å². The van der Waals surface area contributed by atoms with Crippen molar-refractivity contribution in [2.75, 3.05) is 43.5 Å². The first-order valence-electron chi connectivity index (χ1n) is 11.8. The van der Waals surface area contributed by atoms with E-state index in [9.17, 15) is 9.59 Å². The number of nitrogens with one attached hydrogen (secondary N) is 1. The molecule has 1 fully saturated rings. The normalized spacial score (nSPS) is 13.5. The molecule has 4 rings (SSSR count). The molecule has 0 aromatic heterocycles. The SMILES string of the molecule is COc1ccc(C(=O)N2CCN(c3ccc(NC(=O)c4cccc(OC(C)C)c4)cc3)CC2)cc1. The van der Waals surface area contributed by atoms with Crippen LogP contribution in [0.25, 0.3) is 0 Å². The van der Waals surface area contributed by atoms with Gasteiger partial charge in [-0.25, -0.2) is 0 Å². The Bertz CT molecular complexity index is 1150. The third kappa shape index (κ3) is 6.12. The minimum atomic E-state index is -0.183. The van der Waals surface area contributed by atoms with Crippen LogP contribution in [0.1, 0.15) is 34.6 Å². The lowest BCUT2D eigenvalue weighted by molar-refractivity contribution is 0.0746. The topological polar surface area (TPSA) is 71.1 Å². The summed E-state index contributed by atoms with van der Waals surface area (Å²) in [4.78, 5) is 29.6. The average Bonchev–Trinajstić information content (AvgIpc) is 2.88. The molecule has 35 heavy (non-hydrogen) atoms. The summed E-state index contributed by atoms with van der Waals surface area (Å²) >= 11 is 0. The zero-order chi connectivity index (χ0) is 24.8. The van der Waals surface area contributed by atoms with Crippen molar-refractivity contribution in [2.45, 2.75) is 20.0 Å². The van der Waals surface area contributed by atoms with Crippen molar-refractivity contribution >= 4 is 23.2 Å². The van der Waals surface area contributed by atoms with Gasteiger partial charge in [-0.2, -0.15) is 0 Å². The summed E-state index contributed by atoms with van der Waals surface area (Å²) in [6.07, 6.45) is 0.0447. The fourth-order valence-corrected chi connectivity index (χ4v) is 4.03. The van der Waals surface area contributed by atoms with Crippen LogP contribution in [-0.4, -0.2) is 56.1 Å². The molecule has 1 aliphatic heterocycles. The maximum Gasteiger partial charge on any atom is 0.255 e. The lowest BCUT2D eigenvalue weighted by Crippen LogP contribution is -2.48. The van der Waals surface area contributed by atoms with Crippen LogP contribution in [0, 0.1) is 0 Å². The Balaban J connectivity index is 1.31. The van der Waals surface area contributed by atoms with Crippen molar-refractivity contribution < 1.29 is 19.1 Å². The van der Waals surface area contributed by atoms with Gasteiger partial charge in [0.05, 0.1) is 13.2 Å². The fraction of sp³-hybridized carbons (Fsp3) is 0.286. The summed E-state index contributed by atoms with van der Waals surface area (Å²) in [6.45, 7) is 6.70. The molecular formula is C28H31N3O4. The van der Waals surface area contributed by atoms with Gasteiger partial charge in [0.2, 0.25) is 0 Å². The predicted molar refractivity (Wildman–Crippen MR) is 138 cm³/mol. The summed E-state index contributed by atoms with van der Waals surface area (Å²) in [6, 6.07) is 22.2. The number of benzene rings is 3. The Morgan fingerprint density at radius 2 is 1.51 bits per heavy atom. The van der Waals surface area contributed by atoms with Gasteiger partial charge in [-0.1, -0.05) is 6.07 Å². The number of carbonyl (C=O) groups excluding carboxylic acids is 2. The Morgan fingerprint density at radius 1 is 0.829 bits per heavy atom. The van der Waals surface area contributed by atoms with Gasteiger partial charge in [0.1, 0.15) is 11.5 Å². The molecule has 0 unspecified atom stereocenters. The van der Waals surface area contributed by atoms with E-state index >= 15 is 0 Å². The molecule has 0 aliphatic carbocycles. The van der Waals surface area contributed by atoms with Crippen molar-refractivity contribution in [2.24, 2.45) is 0 Å². The molecule has 2 amide bonds. The van der Waals surface area contributed by atoms with Crippen molar-refractivity contribution in [3.05, 3.63) is 83.9 Å². The van der Waals surface area contributed by atoms with Gasteiger partial charge < -0.3 is 24.6 Å². The molecule has 0 bridgehead atoms. The molecule has 0 radical (unpaired) electrons. The van der Waals surface area contributed by atoms with Crippen LogP contribution in [-0.2, 0) is 0 Å². The number of ether oxygens (including phenoxy) is 2. The van der Waals surface area contributed by atoms with Gasteiger partial charge in [0.15, 0.2) is 0 Å². The summed E-state index contributed by atoms with van der Waals surface area (Å²) in [5.41, 5.74) is 3.00. The van der Waals surface area contributed by atoms with Crippen molar-refractivity contribution in [1.29, 1.82) is 0 Å². The first-order chi connectivity index (χ1) is 16.9. The van der Waals surface area contributed by atoms with Gasteiger partial charge in [0.25, 0.3) is 11.8 Å². The van der Waals surface area contributed by atoms with E-state index in [1.54, 1.807) is 43.5 Å².